The van der Waals surface area contributed by atoms with Crippen LogP contribution in [0.25, 0.3) is 28.0 Å². The lowest BCUT2D eigenvalue weighted by molar-refractivity contribution is 0.362. The summed E-state index contributed by atoms with van der Waals surface area (Å²) in [5.41, 5.74) is 4.77. The van der Waals surface area contributed by atoms with Gasteiger partial charge in [-0.15, -0.1) is 0 Å². The molecule has 3 heteroatoms. The highest BCUT2D eigenvalue weighted by Gasteiger charge is 2.40. The standard InChI is InChI=1S/C22H16F2O/c1-22(2)18-11-13(24)6-8-15(18)19-14-7-5-12(23)10-17(14)21-16(20(19)22)4-3-9-25-21/h3-8,10-11H,9H2,1-2H3. The molecule has 1 nitrogen and oxygen atoms in total. The van der Waals surface area contributed by atoms with Crippen molar-refractivity contribution in [1.29, 1.82) is 0 Å². The molecule has 0 saturated heterocycles. The van der Waals surface area contributed by atoms with Gasteiger partial charge in [0.25, 0.3) is 0 Å². The van der Waals surface area contributed by atoms with E-state index in [4.69, 9.17) is 4.74 Å². The third-order valence-electron chi connectivity index (χ3n) is 5.42. The Balaban J connectivity index is 2.03. The first-order valence-corrected chi connectivity index (χ1v) is 8.38. The molecular formula is C22H16F2O. The molecule has 1 heterocycles. The molecule has 0 saturated carbocycles. The quantitative estimate of drug-likeness (QED) is 0.502. The van der Waals surface area contributed by atoms with E-state index < -0.39 is 0 Å². The normalized spacial score (nSPS) is 16.3. The molecule has 0 amide bonds. The molecule has 3 aromatic rings. The fourth-order valence-electron chi connectivity index (χ4n) is 4.38. The van der Waals surface area contributed by atoms with Crippen molar-refractivity contribution in [2.24, 2.45) is 0 Å². The van der Waals surface area contributed by atoms with E-state index in [-0.39, 0.29) is 17.0 Å². The highest BCUT2D eigenvalue weighted by atomic mass is 19.1. The SMILES string of the molecule is CC1(C)c2cc(F)ccc2-c2c1c1c(c3cc(F)ccc23)OCC=C1. The maximum absolute atomic E-state index is 13.9. The highest BCUT2D eigenvalue weighted by Crippen LogP contribution is 2.56. The minimum absolute atomic E-state index is 0.240. The summed E-state index contributed by atoms with van der Waals surface area (Å²) in [6.45, 7) is 4.68. The van der Waals surface area contributed by atoms with E-state index >= 15 is 0 Å². The van der Waals surface area contributed by atoms with Gasteiger partial charge in [0, 0.05) is 16.4 Å². The van der Waals surface area contributed by atoms with Gasteiger partial charge in [-0.3, -0.25) is 0 Å². The predicted molar refractivity (Wildman–Crippen MR) is 96.0 cm³/mol. The Morgan fingerprint density at radius 3 is 2.56 bits per heavy atom. The number of fused-ring (bicyclic) bond motifs is 8. The third kappa shape index (κ3) is 1.81. The Morgan fingerprint density at radius 1 is 0.960 bits per heavy atom. The molecule has 1 aliphatic heterocycles. The van der Waals surface area contributed by atoms with Gasteiger partial charge < -0.3 is 4.74 Å². The molecule has 124 valence electrons. The van der Waals surface area contributed by atoms with Gasteiger partial charge >= 0.3 is 0 Å². The minimum atomic E-state index is -0.357. The summed E-state index contributed by atoms with van der Waals surface area (Å²) in [7, 11) is 0. The number of hydrogen-bond acceptors (Lipinski definition) is 1. The highest BCUT2D eigenvalue weighted by molar-refractivity contribution is 6.08. The van der Waals surface area contributed by atoms with Crippen LogP contribution in [0.15, 0.2) is 42.5 Å². The van der Waals surface area contributed by atoms with Crippen LogP contribution in [0.3, 0.4) is 0 Å². The van der Waals surface area contributed by atoms with Crippen molar-refractivity contribution in [3.63, 3.8) is 0 Å². The van der Waals surface area contributed by atoms with E-state index in [9.17, 15) is 8.78 Å². The number of rotatable bonds is 0. The number of halogens is 2. The molecule has 0 fully saturated rings. The van der Waals surface area contributed by atoms with Crippen LogP contribution >= 0.6 is 0 Å². The molecule has 5 rings (SSSR count). The van der Waals surface area contributed by atoms with E-state index in [2.05, 4.69) is 13.8 Å². The summed E-state index contributed by atoms with van der Waals surface area (Å²) >= 11 is 0. The molecule has 0 bridgehead atoms. The lowest BCUT2D eigenvalue weighted by Crippen LogP contribution is -2.18. The maximum atomic E-state index is 13.9. The van der Waals surface area contributed by atoms with Crippen LogP contribution in [-0.2, 0) is 5.41 Å². The second-order valence-electron chi connectivity index (χ2n) is 7.21. The molecule has 2 aliphatic rings. The first kappa shape index (κ1) is 14.6. The molecule has 3 aromatic carbocycles. The van der Waals surface area contributed by atoms with Gasteiger partial charge in [-0.2, -0.15) is 0 Å². The lowest BCUT2D eigenvalue weighted by Gasteiger charge is -2.27. The largest absolute Gasteiger partial charge is 0.488 e. The van der Waals surface area contributed by atoms with Crippen molar-refractivity contribution in [3.8, 4) is 16.9 Å². The fraction of sp³-hybridized carbons (Fsp3) is 0.182. The summed E-state index contributed by atoms with van der Waals surface area (Å²) in [6, 6.07) is 9.75. The molecule has 0 aromatic heterocycles. The van der Waals surface area contributed by atoms with Gasteiger partial charge in [0.1, 0.15) is 24.0 Å². The Labute approximate surface area is 144 Å². The monoisotopic (exact) mass is 334 g/mol. The van der Waals surface area contributed by atoms with Crippen LogP contribution in [0.5, 0.6) is 5.75 Å². The Bertz CT molecular complexity index is 1090. The number of ether oxygens (including phenoxy) is 1. The summed E-state index contributed by atoms with van der Waals surface area (Å²) in [4.78, 5) is 0. The van der Waals surface area contributed by atoms with Gasteiger partial charge in [0.05, 0.1) is 0 Å². The zero-order chi connectivity index (χ0) is 17.3. The van der Waals surface area contributed by atoms with Crippen LogP contribution in [0.2, 0.25) is 0 Å². The third-order valence-corrected chi connectivity index (χ3v) is 5.42. The predicted octanol–water partition coefficient (Wildman–Crippen LogP) is 5.83. The average molecular weight is 334 g/mol. The topological polar surface area (TPSA) is 9.23 Å². The van der Waals surface area contributed by atoms with Crippen LogP contribution in [0.4, 0.5) is 8.78 Å². The van der Waals surface area contributed by atoms with Crippen molar-refractivity contribution in [1.82, 2.24) is 0 Å². The summed E-state index contributed by atoms with van der Waals surface area (Å²) in [6.07, 6.45) is 4.01. The molecule has 25 heavy (non-hydrogen) atoms. The minimum Gasteiger partial charge on any atom is -0.488 e. The molecule has 1 aliphatic carbocycles. The second kappa shape index (κ2) is 4.69. The van der Waals surface area contributed by atoms with E-state index in [0.29, 0.717) is 6.61 Å². The first-order chi connectivity index (χ1) is 12.0. The van der Waals surface area contributed by atoms with Crippen LogP contribution in [0.1, 0.15) is 30.5 Å². The Morgan fingerprint density at radius 2 is 1.72 bits per heavy atom. The van der Waals surface area contributed by atoms with E-state index in [0.717, 1.165) is 44.3 Å². The second-order valence-corrected chi connectivity index (χ2v) is 7.21. The fourth-order valence-corrected chi connectivity index (χ4v) is 4.38. The van der Waals surface area contributed by atoms with Gasteiger partial charge in [-0.25, -0.2) is 8.78 Å². The van der Waals surface area contributed by atoms with Gasteiger partial charge in [0.15, 0.2) is 0 Å². The summed E-state index contributed by atoms with van der Waals surface area (Å²) < 4.78 is 33.8. The van der Waals surface area contributed by atoms with E-state index in [1.807, 2.05) is 18.2 Å². The lowest BCUT2D eigenvalue weighted by atomic mass is 9.78. The van der Waals surface area contributed by atoms with Crippen molar-refractivity contribution >= 4 is 16.8 Å². The number of hydrogen-bond donors (Lipinski definition) is 0. The summed E-state index contributed by atoms with van der Waals surface area (Å²) in [5.74, 6) is 0.192. The van der Waals surface area contributed by atoms with Crippen molar-refractivity contribution in [2.75, 3.05) is 6.61 Å². The van der Waals surface area contributed by atoms with Gasteiger partial charge in [0.2, 0.25) is 0 Å². The van der Waals surface area contributed by atoms with Crippen LogP contribution in [0, 0.1) is 11.6 Å². The van der Waals surface area contributed by atoms with Crippen molar-refractivity contribution in [3.05, 3.63) is 70.8 Å². The molecule has 0 spiro atoms. The van der Waals surface area contributed by atoms with Crippen LogP contribution in [-0.4, -0.2) is 6.61 Å². The van der Waals surface area contributed by atoms with Gasteiger partial charge in [-0.05, 0) is 58.0 Å². The van der Waals surface area contributed by atoms with E-state index in [1.54, 1.807) is 12.1 Å². The molecule has 0 atom stereocenters. The Kier molecular flexibility index (Phi) is 2.75. The number of benzene rings is 3. The molecule has 0 radical (unpaired) electrons. The maximum Gasteiger partial charge on any atom is 0.135 e. The van der Waals surface area contributed by atoms with Gasteiger partial charge in [-0.1, -0.05) is 32.1 Å². The van der Waals surface area contributed by atoms with E-state index in [1.165, 1.54) is 18.2 Å². The van der Waals surface area contributed by atoms with Crippen LogP contribution < -0.4 is 4.74 Å². The van der Waals surface area contributed by atoms with Crippen molar-refractivity contribution < 1.29 is 13.5 Å². The zero-order valence-corrected chi connectivity index (χ0v) is 14.0. The molecule has 0 N–H and O–H groups in total. The Hall–Kier alpha value is -2.68. The average Bonchev–Trinajstić information content (AvgIpc) is 2.83. The molecular weight excluding hydrogens is 318 g/mol. The smallest absolute Gasteiger partial charge is 0.135 e. The zero-order valence-electron chi connectivity index (χ0n) is 14.0. The molecule has 0 unspecified atom stereocenters. The first-order valence-electron chi connectivity index (χ1n) is 8.38. The van der Waals surface area contributed by atoms with Crippen molar-refractivity contribution in [2.45, 2.75) is 19.3 Å². The summed E-state index contributed by atoms with van der Waals surface area (Å²) in [5, 5.41) is 1.72.